The van der Waals surface area contributed by atoms with Crippen LogP contribution in [0.3, 0.4) is 0 Å². The van der Waals surface area contributed by atoms with E-state index in [0.29, 0.717) is 18.0 Å². The van der Waals surface area contributed by atoms with Gasteiger partial charge >= 0.3 is 6.03 Å². The smallest absolute Gasteiger partial charge is 0.317 e. The summed E-state index contributed by atoms with van der Waals surface area (Å²) in [7, 11) is 0. The highest BCUT2D eigenvalue weighted by Gasteiger charge is 2.46. The zero-order valence-corrected chi connectivity index (χ0v) is 16.4. The Kier molecular flexibility index (Phi) is 4.15. The molecule has 1 aromatic heterocycles. The van der Waals surface area contributed by atoms with Gasteiger partial charge in [0.1, 0.15) is 0 Å². The second kappa shape index (κ2) is 6.55. The van der Waals surface area contributed by atoms with Gasteiger partial charge in [0.25, 0.3) is 0 Å². The topological polar surface area (TPSA) is 51.4 Å². The summed E-state index contributed by atoms with van der Waals surface area (Å²) < 4.78 is 0. The minimum Gasteiger partial charge on any atom is -0.361 e. The van der Waals surface area contributed by atoms with E-state index in [-0.39, 0.29) is 12.1 Å². The molecule has 0 unspecified atom stereocenters. The summed E-state index contributed by atoms with van der Waals surface area (Å²) >= 11 is 0. The predicted octanol–water partition coefficient (Wildman–Crippen LogP) is 3.46. The number of amides is 2. The van der Waals surface area contributed by atoms with E-state index in [1.165, 1.54) is 34.9 Å². The van der Waals surface area contributed by atoms with Gasteiger partial charge < -0.3 is 15.2 Å². The maximum atomic E-state index is 12.7. The van der Waals surface area contributed by atoms with E-state index >= 15 is 0 Å². The van der Waals surface area contributed by atoms with Gasteiger partial charge in [-0.25, -0.2) is 4.79 Å². The molecule has 5 rings (SSSR count). The van der Waals surface area contributed by atoms with Crippen LogP contribution in [0, 0.1) is 0 Å². The number of piperidine rings is 1. The molecule has 3 atom stereocenters. The van der Waals surface area contributed by atoms with Gasteiger partial charge in [-0.1, -0.05) is 12.1 Å². The Balaban J connectivity index is 1.46. The van der Waals surface area contributed by atoms with Crippen LogP contribution in [-0.4, -0.2) is 58.6 Å². The SMILES string of the molecule is CCN(CC)C(=O)N[C@H]1C[C@@H]2c3cccc4[nH]cc(c34)C[C@H]2N(C2CC2)C1. The first-order valence-corrected chi connectivity index (χ1v) is 10.6. The third-order valence-corrected chi connectivity index (χ3v) is 6.90. The van der Waals surface area contributed by atoms with Gasteiger partial charge in [-0.3, -0.25) is 4.90 Å². The number of fused-ring (bicyclic) bond motifs is 2. The van der Waals surface area contributed by atoms with Crippen molar-refractivity contribution >= 4 is 16.9 Å². The summed E-state index contributed by atoms with van der Waals surface area (Å²) in [5.41, 5.74) is 4.21. The van der Waals surface area contributed by atoms with Crippen molar-refractivity contribution < 1.29 is 4.79 Å². The molecule has 1 aromatic carbocycles. The minimum atomic E-state index is 0.0931. The van der Waals surface area contributed by atoms with E-state index in [4.69, 9.17) is 0 Å². The number of hydrogen-bond donors (Lipinski definition) is 2. The zero-order valence-electron chi connectivity index (χ0n) is 16.4. The van der Waals surface area contributed by atoms with Gasteiger partial charge in [0.05, 0.1) is 0 Å². The van der Waals surface area contributed by atoms with E-state index < -0.39 is 0 Å². The number of rotatable bonds is 4. The lowest BCUT2D eigenvalue weighted by molar-refractivity contribution is 0.0905. The van der Waals surface area contributed by atoms with Crippen molar-refractivity contribution in [1.29, 1.82) is 0 Å². The number of hydrogen-bond acceptors (Lipinski definition) is 2. The lowest BCUT2D eigenvalue weighted by Crippen LogP contribution is -2.58. The molecule has 1 aliphatic heterocycles. The molecule has 2 amide bonds. The van der Waals surface area contributed by atoms with E-state index in [1.54, 1.807) is 0 Å². The van der Waals surface area contributed by atoms with Gasteiger partial charge in [-0.2, -0.15) is 0 Å². The predicted molar refractivity (Wildman–Crippen MR) is 108 cm³/mol. The number of nitrogens with one attached hydrogen (secondary N) is 2. The third kappa shape index (κ3) is 2.83. The lowest BCUT2D eigenvalue weighted by Gasteiger charge is -2.47. The number of aromatic amines is 1. The number of carbonyl (C=O) groups excluding carboxylic acids is 1. The van der Waals surface area contributed by atoms with Crippen molar-refractivity contribution in [1.82, 2.24) is 20.1 Å². The largest absolute Gasteiger partial charge is 0.361 e. The molecule has 27 heavy (non-hydrogen) atoms. The number of urea groups is 1. The van der Waals surface area contributed by atoms with Crippen LogP contribution < -0.4 is 5.32 Å². The molecule has 0 spiro atoms. The Morgan fingerprint density at radius 3 is 2.85 bits per heavy atom. The Labute approximate surface area is 161 Å². The van der Waals surface area contributed by atoms with Crippen LogP contribution in [0.25, 0.3) is 10.9 Å². The number of carbonyl (C=O) groups is 1. The average molecular weight is 367 g/mol. The van der Waals surface area contributed by atoms with Gasteiger partial charge in [0, 0.05) is 60.8 Å². The van der Waals surface area contributed by atoms with Crippen LogP contribution in [-0.2, 0) is 6.42 Å². The lowest BCUT2D eigenvalue weighted by atomic mass is 9.73. The van der Waals surface area contributed by atoms with Gasteiger partial charge in [-0.15, -0.1) is 0 Å². The van der Waals surface area contributed by atoms with Crippen LogP contribution >= 0.6 is 0 Å². The highest BCUT2D eigenvalue weighted by atomic mass is 16.2. The Bertz CT molecular complexity index is 851. The van der Waals surface area contributed by atoms with E-state index in [1.807, 2.05) is 18.7 Å². The van der Waals surface area contributed by atoms with Gasteiger partial charge in [-0.05, 0) is 56.7 Å². The van der Waals surface area contributed by atoms with E-state index in [9.17, 15) is 4.79 Å². The van der Waals surface area contributed by atoms with Crippen molar-refractivity contribution in [3.05, 3.63) is 35.5 Å². The standard InChI is InChI=1S/C22H30N4O/c1-3-25(4-2)22(27)24-15-11-18-17-6-5-7-19-21(17)14(12-23-19)10-20(18)26(13-15)16-8-9-16/h5-7,12,15-16,18,20,23H,3-4,8-11,13H2,1-2H3,(H,24,27)/t15-,18+,20+/m0/s1. The first-order chi connectivity index (χ1) is 13.2. The maximum Gasteiger partial charge on any atom is 0.317 e. The zero-order chi connectivity index (χ0) is 18.5. The van der Waals surface area contributed by atoms with Crippen molar-refractivity contribution in [3.63, 3.8) is 0 Å². The summed E-state index contributed by atoms with van der Waals surface area (Å²) in [6.45, 7) is 6.62. The Morgan fingerprint density at radius 2 is 2.11 bits per heavy atom. The number of aromatic nitrogens is 1. The molecule has 2 heterocycles. The molecule has 2 N–H and O–H groups in total. The van der Waals surface area contributed by atoms with Crippen molar-refractivity contribution in [3.8, 4) is 0 Å². The molecular weight excluding hydrogens is 336 g/mol. The summed E-state index contributed by atoms with van der Waals surface area (Å²) in [6, 6.07) is 8.30. The summed E-state index contributed by atoms with van der Waals surface area (Å²) in [5.74, 6) is 0.508. The molecule has 1 saturated carbocycles. The summed E-state index contributed by atoms with van der Waals surface area (Å²) in [6.07, 6.45) is 7.01. The van der Waals surface area contributed by atoms with Crippen LogP contribution in [0.15, 0.2) is 24.4 Å². The average Bonchev–Trinajstić information content (AvgIpc) is 3.44. The Morgan fingerprint density at radius 1 is 1.30 bits per heavy atom. The fourth-order valence-corrected chi connectivity index (χ4v) is 5.44. The molecular formula is C22H30N4O. The second-order valence-corrected chi connectivity index (χ2v) is 8.44. The summed E-state index contributed by atoms with van der Waals surface area (Å²) in [4.78, 5) is 20.7. The van der Waals surface area contributed by atoms with Crippen LogP contribution in [0.5, 0.6) is 0 Å². The molecule has 0 bridgehead atoms. The molecule has 144 valence electrons. The molecule has 3 aliphatic rings. The molecule has 2 fully saturated rings. The molecule has 2 aliphatic carbocycles. The van der Waals surface area contributed by atoms with Gasteiger partial charge in [0.15, 0.2) is 0 Å². The monoisotopic (exact) mass is 366 g/mol. The number of nitrogens with zero attached hydrogens (tertiary/aromatic N) is 2. The molecule has 5 heteroatoms. The fraction of sp³-hybridized carbons (Fsp3) is 0.591. The second-order valence-electron chi connectivity index (χ2n) is 8.44. The van der Waals surface area contributed by atoms with Crippen molar-refractivity contribution in [2.45, 2.75) is 63.6 Å². The third-order valence-electron chi connectivity index (χ3n) is 6.90. The van der Waals surface area contributed by atoms with Crippen molar-refractivity contribution in [2.24, 2.45) is 0 Å². The maximum absolute atomic E-state index is 12.7. The minimum absolute atomic E-state index is 0.0931. The highest BCUT2D eigenvalue weighted by Crippen LogP contribution is 2.46. The number of likely N-dealkylation sites (tertiary alicyclic amines) is 1. The summed E-state index contributed by atoms with van der Waals surface area (Å²) in [5, 5.41) is 4.79. The van der Waals surface area contributed by atoms with Crippen molar-refractivity contribution in [2.75, 3.05) is 19.6 Å². The fourth-order valence-electron chi connectivity index (χ4n) is 5.44. The first kappa shape index (κ1) is 17.1. The Hall–Kier alpha value is -2.01. The van der Waals surface area contributed by atoms with Gasteiger partial charge in [0.2, 0.25) is 0 Å². The number of benzene rings is 1. The first-order valence-electron chi connectivity index (χ1n) is 10.6. The molecule has 1 saturated heterocycles. The van der Waals surface area contributed by atoms with E-state index in [2.05, 4.69) is 39.6 Å². The van der Waals surface area contributed by atoms with Crippen LogP contribution in [0.1, 0.15) is 50.2 Å². The normalized spacial score (nSPS) is 27.4. The number of H-pyrrole nitrogens is 1. The highest BCUT2D eigenvalue weighted by molar-refractivity contribution is 5.88. The molecule has 0 radical (unpaired) electrons. The quantitative estimate of drug-likeness (QED) is 0.871. The van der Waals surface area contributed by atoms with E-state index in [0.717, 1.165) is 32.5 Å². The van der Waals surface area contributed by atoms with Crippen LogP contribution in [0.2, 0.25) is 0 Å². The van der Waals surface area contributed by atoms with Crippen LogP contribution in [0.4, 0.5) is 4.79 Å². The molecule has 2 aromatic rings. The molecule has 5 nitrogen and oxygen atoms in total.